The highest BCUT2D eigenvalue weighted by atomic mass is 35.5. The summed E-state index contributed by atoms with van der Waals surface area (Å²) in [6.45, 7) is 3.82. The Balaban J connectivity index is 0.00000230. The van der Waals surface area contributed by atoms with Crippen LogP contribution in [0.5, 0.6) is 0 Å². The van der Waals surface area contributed by atoms with Gasteiger partial charge < -0.3 is 36.0 Å². The Morgan fingerprint density at radius 1 is 0.978 bits per heavy atom. The Morgan fingerprint density at radius 3 is 2.20 bits per heavy atom. The number of nitrogens with zero attached hydrogens (tertiary/aromatic N) is 5. The predicted molar refractivity (Wildman–Crippen MR) is 180 cm³/mol. The molecule has 4 unspecified atom stereocenters. The molecule has 13 heteroatoms. The van der Waals surface area contributed by atoms with E-state index < -0.39 is 24.3 Å². The van der Waals surface area contributed by atoms with E-state index >= 15 is 0 Å². The number of rotatable bonds is 9. The minimum Gasteiger partial charge on any atom is -0.388 e. The van der Waals surface area contributed by atoms with Crippen molar-refractivity contribution < 1.29 is 15.0 Å². The van der Waals surface area contributed by atoms with E-state index in [1.165, 1.54) is 11.1 Å². The number of benzene rings is 2. The van der Waals surface area contributed by atoms with Crippen LogP contribution in [0.15, 0.2) is 67.0 Å². The number of hydrogen-bond donors (Lipinski definition) is 5. The molecule has 2 fully saturated rings. The lowest BCUT2D eigenvalue weighted by molar-refractivity contribution is -0.122. The van der Waals surface area contributed by atoms with Crippen molar-refractivity contribution in [2.75, 3.05) is 29.9 Å². The molecule has 11 nitrogen and oxygen atoms in total. The number of imidazole rings is 1. The van der Waals surface area contributed by atoms with Gasteiger partial charge >= 0.3 is 0 Å². The predicted octanol–water partition coefficient (Wildman–Crippen LogP) is 3.40. The number of aromatic nitrogens is 4. The quantitative estimate of drug-likeness (QED) is 0.182. The van der Waals surface area contributed by atoms with Gasteiger partial charge in [-0.15, -0.1) is 24.8 Å². The van der Waals surface area contributed by atoms with Crippen LogP contribution in [-0.2, 0) is 4.79 Å². The normalized spacial score (nSPS) is 21.8. The van der Waals surface area contributed by atoms with Crippen molar-refractivity contribution in [3.05, 3.63) is 78.1 Å². The summed E-state index contributed by atoms with van der Waals surface area (Å²) in [6, 6.07) is 19.8. The maximum atomic E-state index is 12.1. The number of halogens is 2. The summed E-state index contributed by atoms with van der Waals surface area (Å²) >= 11 is 0. The van der Waals surface area contributed by atoms with Gasteiger partial charge in [0.1, 0.15) is 12.2 Å². The average molecular weight is 658 g/mol. The molecule has 2 aromatic carbocycles. The van der Waals surface area contributed by atoms with Gasteiger partial charge in [-0.25, -0.2) is 4.98 Å². The number of amides is 1. The molecule has 2 aromatic heterocycles. The summed E-state index contributed by atoms with van der Waals surface area (Å²) in [6.07, 6.45) is 1.80. The number of carbonyl (C=O) groups excluding carboxylic acids is 1. The van der Waals surface area contributed by atoms with Gasteiger partial charge in [0.2, 0.25) is 11.9 Å². The third-order valence-corrected chi connectivity index (χ3v) is 8.79. The summed E-state index contributed by atoms with van der Waals surface area (Å²) in [4.78, 5) is 28.8. The fourth-order valence-corrected chi connectivity index (χ4v) is 6.25. The van der Waals surface area contributed by atoms with Gasteiger partial charge in [0.15, 0.2) is 17.0 Å². The minimum absolute atomic E-state index is 0. The summed E-state index contributed by atoms with van der Waals surface area (Å²) in [5.41, 5.74) is 9.71. The first-order chi connectivity index (χ1) is 20.9. The van der Waals surface area contributed by atoms with Gasteiger partial charge in [0, 0.05) is 38.0 Å². The van der Waals surface area contributed by atoms with Crippen molar-refractivity contribution >= 4 is 53.7 Å². The minimum atomic E-state index is -1.10. The van der Waals surface area contributed by atoms with E-state index in [1.54, 1.807) is 13.3 Å². The first-order valence-electron chi connectivity index (χ1n) is 15.2. The van der Waals surface area contributed by atoms with Crippen LogP contribution in [-0.4, -0.2) is 79.6 Å². The van der Waals surface area contributed by atoms with E-state index in [1.807, 2.05) is 41.0 Å². The third-order valence-electron chi connectivity index (χ3n) is 8.79. The van der Waals surface area contributed by atoms with Crippen molar-refractivity contribution in [3.63, 3.8) is 0 Å². The summed E-state index contributed by atoms with van der Waals surface area (Å²) in [5.74, 6) is 1.08. The maximum Gasteiger partial charge on any atom is 0.229 e. The molecule has 1 aliphatic heterocycles. The molecule has 45 heavy (non-hydrogen) atoms. The molecular formula is C32H42Cl2N8O3. The topological polar surface area (TPSA) is 154 Å². The van der Waals surface area contributed by atoms with Crippen molar-refractivity contribution in [2.24, 2.45) is 5.73 Å². The number of piperidine rings is 1. The van der Waals surface area contributed by atoms with Crippen LogP contribution in [0.1, 0.15) is 55.7 Å². The number of anilines is 2. The zero-order valence-corrected chi connectivity index (χ0v) is 26.8. The van der Waals surface area contributed by atoms with E-state index in [0.29, 0.717) is 42.3 Å². The number of aliphatic hydroxyl groups excluding tert-OH is 2. The van der Waals surface area contributed by atoms with Crippen LogP contribution in [0.25, 0.3) is 11.2 Å². The number of fused-ring (bicyclic) bond motifs is 1. The standard InChI is InChI=1S/C32H40N8O3.2ClH/c1-2-26(41)36-24-17-25(29(43)28(24)42)40-19-35-27-30(37-32(38-31(27)40)39-15-13-22(33)14-16-39)34-18-23(20-9-5-3-6-10-20)21-11-7-4-8-12-21;;/h3-12,19,22-25,28-29,42-43H,2,13-18,33H2,1H3,(H,36,41)(H,34,37,38);2*1H. The monoisotopic (exact) mass is 656 g/mol. The van der Waals surface area contributed by atoms with E-state index in [4.69, 9.17) is 20.7 Å². The van der Waals surface area contributed by atoms with Crippen molar-refractivity contribution in [1.82, 2.24) is 24.8 Å². The molecule has 1 saturated heterocycles. The molecule has 2 aliphatic rings. The van der Waals surface area contributed by atoms with Crippen LogP contribution in [0.2, 0.25) is 0 Å². The van der Waals surface area contributed by atoms with Gasteiger partial charge in [0.05, 0.1) is 18.4 Å². The van der Waals surface area contributed by atoms with Gasteiger partial charge in [-0.05, 0) is 30.4 Å². The molecule has 0 bridgehead atoms. The maximum absolute atomic E-state index is 12.1. The van der Waals surface area contributed by atoms with Crippen molar-refractivity contribution in [3.8, 4) is 0 Å². The van der Waals surface area contributed by atoms with Gasteiger partial charge in [0.25, 0.3) is 0 Å². The zero-order chi connectivity index (χ0) is 29.9. The molecule has 1 saturated carbocycles. The van der Waals surface area contributed by atoms with Crippen LogP contribution in [0, 0.1) is 0 Å². The molecule has 1 amide bonds. The highest BCUT2D eigenvalue weighted by Crippen LogP contribution is 2.35. The number of aliphatic hydroxyl groups is 2. The molecule has 6 N–H and O–H groups in total. The number of nitrogens with one attached hydrogen (secondary N) is 2. The lowest BCUT2D eigenvalue weighted by Crippen LogP contribution is -2.42. The van der Waals surface area contributed by atoms with Crippen LogP contribution < -0.4 is 21.3 Å². The molecule has 3 heterocycles. The molecule has 6 rings (SSSR count). The largest absolute Gasteiger partial charge is 0.388 e. The lowest BCUT2D eigenvalue weighted by atomic mass is 9.91. The Kier molecular flexibility index (Phi) is 11.6. The first-order valence-corrected chi connectivity index (χ1v) is 15.2. The van der Waals surface area contributed by atoms with E-state index in [-0.39, 0.29) is 42.7 Å². The fourth-order valence-electron chi connectivity index (χ4n) is 6.25. The molecule has 0 spiro atoms. The molecule has 0 radical (unpaired) electrons. The number of carbonyl (C=O) groups is 1. The average Bonchev–Trinajstić information content (AvgIpc) is 3.58. The molecule has 242 valence electrons. The summed E-state index contributed by atoms with van der Waals surface area (Å²) < 4.78 is 1.82. The number of nitrogens with two attached hydrogens (primary N) is 1. The van der Waals surface area contributed by atoms with Gasteiger partial charge in [-0.2, -0.15) is 9.97 Å². The number of hydrogen-bond acceptors (Lipinski definition) is 9. The summed E-state index contributed by atoms with van der Waals surface area (Å²) in [7, 11) is 0. The van der Waals surface area contributed by atoms with Crippen LogP contribution >= 0.6 is 24.8 Å². The van der Waals surface area contributed by atoms with Gasteiger partial charge in [-0.3, -0.25) is 4.79 Å². The van der Waals surface area contributed by atoms with E-state index in [2.05, 4.69) is 39.8 Å². The van der Waals surface area contributed by atoms with Crippen molar-refractivity contribution in [1.29, 1.82) is 0 Å². The Morgan fingerprint density at radius 2 is 1.60 bits per heavy atom. The second kappa shape index (κ2) is 15.2. The highest BCUT2D eigenvalue weighted by molar-refractivity contribution is 5.86. The Labute approximate surface area is 275 Å². The molecule has 4 aromatic rings. The van der Waals surface area contributed by atoms with Crippen molar-refractivity contribution in [2.45, 2.75) is 68.9 Å². The third kappa shape index (κ3) is 7.34. The summed E-state index contributed by atoms with van der Waals surface area (Å²) in [5, 5.41) is 28.3. The molecular weight excluding hydrogens is 615 g/mol. The second-order valence-electron chi connectivity index (χ2n) is 11.6. The van der Waals surface area contributed by atoms with E-state index in [0.717, 1.165) is 25.9 Å². The SMILES string of the molecule is CCC(=O)NC1CC(n2cnc3c(NCC(c4ccccc4)c4ccccc4)nc(N4CCC(N)CC4)nc32)C(O)C1O.Cl.Cl. The first kappa shape index (κ1) is 34.4. The van der Waals surface area contributed by atoms with Crippen LogP contribution in [0.3, 0.4) is 0 Å². The smallest absolute Gasteiger partial charge is 0.229 e. The highest BCUT2D eigenvalue weighted by Gasteiger charge is 2.43. The fraction of sp³-hybridized carbons (Fsp3) is 0.438. The van der Waals surface area contributed by atoms with Crippen LogP contribution in [0.4, 0.5) is 11.8 Å². The Hall–Kier alpha value is -3.48. The Bertz CT molecular complexity index is 1500. The molecule has 1 aliphatic carbocycles. The zero-order valence-electron chi connectivity index (χ0n) is 25.2. The van der Waals surface area contributed by atoms with E-state index in [9.17, 15) is 15.0 Å². The second-order valence-corrected chi connectivity index (χ2v) is 11.6. The van der Waals surface area contributed by atoms with Gasteiger partial charge in [-0.1, -0.05) is 67.6 Å². The lowest BCUT2D eigenvalue weighted by Gasteiger charge is -2.30. The molecule has 4 atom stereocenters.